The van der Waals surface area contributed by atoms with Crippen LogP contribution in [0.15, 0.2) is 30.6 Å². The van der Waals surface area contributed by atoms with E-state index in [4.69, 9.17) is 5.73 Å². The Kier molecular flexibility index (Phi) is 3.42. The number of nitrogens with zero attached hydrogens (tertiary/aromatic N) is 3. The lowest BCUT2D eigenvalue weighted by Gasteiger charge is -2.34. The highest BCUT2D eigenvalue weighted by molar-refractivity contribution is 5.52. The van der Waals surface area contributed by atoms with E-state index in [9.17, 15) is 0 Å². The molecule has 2 aromatic heterocycles. The fourth-order valence-electron chi connectivity index (χ4n) is 3.44. The minimum Gasteiger partial charge on any atom is -0.355 e. The Morgan fingerprint density at radius 3 is 3.11 bits per heavy atom. The maximum absolute atomic E-state index is 5.94. The van der Waals surface area contributed by atoms with Gasteiger partial charge in [0.2, 0.25) is 0 Å². The van der Waals surface area contributed by atoms with Crippen LogP contribution < -0.4 is 10.6 Å². The van der Waals surface area contributed by atoms with Crippen molar-refractivity contribution in [3.63, 3.8) is 0 Å². The average Bonchev–Trinajstić information content (AvgIpc) is 3.08. The maximum atomic E-state index is 5.94. The van der Waals surface area contributed by atoms with Crippen molar-refractivity contribution in [1.29, 1.82) is 0 Å². The van der Waals surface area contributed by atoms with Crippen LogP contribution in [0.1, 0.15) is 26.2 Å². The topological polar surface area (TPSA) is 46.6 Å². The van der Waals surface area contributed by atoms with E-state index in [1.807, 2.05) is 18.5 Å². The lowest BCUT2D eigenvalue weighted by atomic mass is 10.0. The van der Waals surface area contributed by atoms with Gasteiger partial charge in [-0.1, -0.05) is 12.5 Å². The third-order valence-electron chi connectivity index (χ3n) is 4.36. The molecule has 102 valence electrons. The van der Waals surface area contributed by atoms with Crippen molar-refractivity contribution in [1.82, 2.24) is 9.38 Å². The zero-order chi connectivity index (χ0) is 13.2. The summed E-state index contributed by atoms with van der Waals surface area (Å²) in [7, 11) is 0. The van der Waals surface area contributed by atoms with Gasteiger partial charge in [-0.3, -0.25) is 4.40 Å². The number of pyridine rings is 1. The van der Waals surface area contributed by atoms with E-state index in [0.29, 0.717) is 12.0 Å². The number of hydrogen-bond donors (Lipinski definition) is 1. The van der Waals surface area contributed by atoms with Gasteiger partial charge in [0, 0.05) is 25.0 Å². The van der Waals surface area contributed by atoms with Gasteiger partial charge in [0.1, 0.15) is 11.5 Å². The number of imidazole rings is 1. The molecule has 0 spiro atoms. The molecule has 0 radical (unpaired) electrons. The molecule has 2 aromatic rings. The van der Waals surface area contributed by atoms with Crippen LogP contribution in [0.25, 0.3) is 5.65 Å². The molecule has 0 amide bonds. The molecular weight excluding hydrogens is 236 g/mol. The molecule has 1 fully saturated rings. The number of hydrogen-bond acceptors (Lipinski definition) is 3. The summed E-state index contributed by atoms with van der Waals surface area (Å²) < 4.78 is 2.18. The highest BCUT2D eigenvalue weighted by Gasteiger charge is 2.31. The molecule has 1 aliphatic carbocycles. The first kappa shape index (κ1) is 12.5. The third kappa shape index (κ3) is 2.10. The van der Waals surface area contributed by atoms with Crippen molar-refractivity contribution < 1.29 is 0 Å². The summed E-state index contributed by atoms with van der Waals surface area (Å²) in [6.07, 6.45) is 7.71. The molecule has 0 bridgehead atoms. The molecule has 0 saturated heterocycles. The molecule has 4 heteroatoms. The van der Waals surface area contributed by atoms with Crippen LogP contribution in [-0.4, -0.2) is 28.5 Å². The Hall–Kier alpha value is -1.55. The second-order valence-corrected chi connectivity index (χ2v) is 5.32. The smallest absolute Gasteiger partial charge is 0.138 e. The van der Waals surface area contributed by atoms with E-state index >= 15 is 0 Å². The van der Waals surface area contributed by atoms with Gasteiger partial charge in [-0.15, -0.1) is 0 Å². The zero-order valence-electron chi connectivity index (χ0n) is 11.5. The zero-order valence-corrected chi connectivity index (χ0v) is 11.5. The van der Waals surface area contributed by atoms with Crippen LogP contribution in [0.3, 0.4) is 0 Å². The van der Waals surface area contributed by atoms with Crippen molar-refractivity contribution in [3.05, 3.63) is 30.6 Å². The maximum Gasteiger partial charge on any atom is 0.138 e. The molecule has 4 nitrogen and oxygen atoms in total. The lowest BCUT2D eigenvalue weighted by molar-refractivity contribution is 0.458. The van der Waals surface area contributed by atoms with Gasteiger partial charge < -0.3 is 10.6 Å². The second kappa shape index (κ2) is 5.21. The average molecular weight is 258 g/mol. The molecular formula is C15H22N4. The van der Waals surface area contributed by atoms with Gasteiger partial charge in [0.05, 0.1) is 0 Å². The van der Waals surface area contributed by atoms with E-state index in [2.05, 4.69) is 33.3 Å². The van der Waals surface area contributed by atoms with Crippen molar-refractivity contribution in [2.75, 3.05) is 18.0 Å². The molecule has 0 aliphatic heterocycles. The Morgan fingerprint density at radius 1 is 1.42 bits per heavy atom. The third-order valence-corrected chi connectivity index (χ3v) is 4.36. The van der Waals surface area contributed by atoms with Crippen LogP contribution in [0.2, 0.25) is 0 Å². The standard InChI is InChI=1S/C15H22N4/c1-2-18(13-6-3-5-12(13)11-16)15-8-4-7-14-17-9-10-19(14)15/h4,7-10,12-13H,2-3,5-6,11,16H2,1H3. The SMILES string of the molecule is CCN(c1cccc2nccn12)C1CCCC1CN. The number of rotatable bonds is 4. The molecule has 2 heterocycles. The van der Waals surface area contributed by atoms with Crippen LogP contribution in [0, 0.1) is 5.92 Å². The van der Waals surface area contributed by atoms with Gasteiger partial charge in [0.25, 0.3) is 0 Å². The van der Waals surface area contributed by atoms with E-state index < -0.39 is 0 Å². The molecule has 2 N–H and O–H groups in total. The van der Waals surface area contributed by atoms with Crippen molar-refractivity contribution in [3.8, 4) is 0 Å². The Balaban J connectivity index is 2.00. The molecule has 2 unspecified atom stereocenters. The largest absolute Gasteiger partial charge is 0.355 e. The number of fused-ring (bicyclic) bond motifs is 1. The van der Waals surface area contributed by atoms with E-state index in [0.717, 1.165) is 18.7 Å². The molecule has 2 atom stereocenters. The van der Waals surface area contributed by atoms with Crippen molar-refractivity contribution in [2.24, 2.45) is 11.7 Å². The predicted molar refractivity (Wildman–Crippen MR) is 78.4 cm³/mol. The van der Waals surface area contributed by atoms with E-state index in [1.165, 1.54) is 25.1 Å². The Bertz CT molecular complexity index is 548. The summed E-state index contributed by atoms with van der Waals surface area (Å²) in [6, 6.07) is 6.89. The predicted octanol–water partition coefficient (Wildman–Crippen LogP) is 2.29. The normalized spacial score (nSPS) is 23.1. The quantitative estimate of drug-likeness (QED) is 0.915. The van der Waals surface area contributed by atoms with Crippen LogP contribution in [-0.2, 0) is 0 Å². The summed E-state index contributed by atoms with van der Waals surface area (Å²) in [5.74, 6) is 1.86. The monoisotopic (exact) mass is 258 g/mol. The number of aromatic nitrogens is 2. The highest BCUT2D eigenvalue weighted by atomic mass is 15.3. The molecule has 1 aliphatic rings. The fraction of sp³-hybridized carbons (Fsp3) is 0.533. The summed E-state index contributed by atoms with van der Waals surface area (Å²) in [5.41, 5.74) is 6.95. The molecule has 1 saturated carbocycles. The summed E-state index contributed by atoms with van der Waals surface area (Å²) >= 11 is 0. The minimum absolute atomic E-state index is 0.572. The first-order chi connectivity index (χ1) is 9.35. The first-order valence-corrected chi connectivity index (χ1v) is 7.24. The Labute approximate surface area is 114 Å². The summed E-state index contributed by atoms with van der Waals surface area (Å²) in [5, 5.41) is 0. The van der Waals surface area contributed by atoms with Crippen molar-refractivity contribution in [2.45, 2.75) is 32.2 Å². The molecule has 0 aromatic carbocycles. The Morgan fingerprint density at radius 2 is 2.32 bits per heavy atom. The van der Waals surface area contributed by atoms with Gasteiger partial charge in [-0.2, -0.15) is 0 Å². The number of nitrogens with two attached hydrogens (primary N) is 1. The lowest BCUT2D eigenvalue weighted by Crippen LogP contribution is -2.41. The van der Waals surface area contributed by atoms with Crippen LogP contribution >= 0.6 is 0 Å². The first-order valence-electron chi connectivity index (χ1n) is 7.24. The highest BCUT2D eigenvalue weighted by Crippen LogP contribution is 2.32. The van der Waals surface area contributed by atoms with E-state index in [1.54, 1.807) is 0 Å². The second-order valence-electron chi connectivity index (χ2n) is 5.32. The van der Waals surface area contributed by atoms with Crippen LogP contribution in [0.5, 0.6) is 0 Å². The summed E-state index contributed by atoms with van der Waals surface area (Å²) in [4.78, 5) is 6.87. The molecule has 3 rings (SSSR count). The van der Waals surface area contributed by atoms with Gasteiger partial charge in [-0.25, -0.2) is 4.98 Å². The summed E-state index contributed by atoms with van der Waals surface area (Å²) in [6.45, 7) is 4.03. The van der Waals surface area contributed by atoms with Crippen molar-refractivity contribution >= 4 is 11.5 Å². The van der Waals surface area contributed by atoms with Crippen LogP contribution in [0.4, 0.5) is 5.82 Å². The fourth-order valence-corrected chi connectivity index (χ4v) is 3.44. The van der Waals surface area contributed by atoms with Gasteiger partial charge >= 0.3 is 0 Å². The molecule has 19 heavy (non-hydrogen) atoms. The van der Waals surface area contributed by atoms with E-state index in [-0.39, 0.29) is 0 Å². The van der Waals surface area contributed by atoms with Gasteiger partial charge in [0.15, 0.2) is 0 Å². The number of anilines is 1. The van der Waals surface area contributed by atoms with Gasteiger partial charge in [-0.05, 0) is 44.4 Å². The minimum atomic E-state index is 0.572.